The van der Waals surface area contributed by atoms with Gasteiger partial charge < -0.3 is 15.0 Å². The van der Waals surface area contributed by atoms with Gasteiger partial charge in [0.1, 0.15) is 5.75 Å². The third kappa shape index (κ3) is 6.49. The molecule has 1 aromatic rings. The number of nitrogens with zero attached hydrogens (tertiary/aromatic N) is 1. The molecule has 3 heteroatoms. The molecule has 0 saturated carbocycles. The van der Waals surface area contributed by atoms with Crippen LogP contribution in [0.15, 0.2) is 24.3 Å². The van der Waals surface area contributed by atoms with Crippen molar-refractivity contribution < 1.29 is 4.74 Å². The number of hydrogen-bond donors (Lipinski definition) is 1. The lowest BCUT2D eigenvalue weighted by Gasteiger charge is -2.33. The number of ether oxygens (including phenoxy) is 1. The Bertz CT molecular complexity index is 395. The van der Waals surface area contributed by atoms with Crippen LogP contribution in [0.3, 0.4) is 0 Å². The van der Waals surface area contributed by atoms with E-state index in [1.807, 2.05) is 12.1 Å². The highest BCUT2D eigenvalue weighted by Gasteiger charge is 2.23. The smallest absolute Gasteiger partial charge is 0.118 e. The molecule has 0 bridgehead atoms. The first-order valence-corrected chi connectivity index (χ1v) is 7.91. The standard InChI is InChI=1S/C18H32N2O/c1-7-19-17(18(2,3)4)12-13-20(5)14-15-8-10-16(21-6)11-9-15/h8-11,17,19H,7,12-14H2,1-6H3. The van der Waals surface area contributed by atoms with E-state index in [2.05, 4.69) is 57.1 Å². The Labute approximate surface area is 130 Å². The topological polar surface area (TPSA) is 24.5 Å². The van der Waals surface area contributed by atoms with Crippen LogP contribution in [0.4, 0.5) is 0 Å². The van der Waals surface area contributed by atoms with Crippen LogP contribution >= 0.6 is 0 Å². The summed E-state index contributed by atoms with van der Waals surface area (Å²) in [6.07, 6.45) is 1.17. The van der Waals surface area contributed by atoms with Crippen molar-refractivity contribution in [3.05, 3.63) is 29.8 Å². The number of nitrogens with one attached hydrogen (secondary N) is 1. The first-order chi connectivity index (χ1) is 9.86. The lowest BCUT2D eigenvalue weighted by molar-refractivity contribution is 0.221. The molecular formula is C18H32N2O. The van der Waals surface area contributed by atoms with Crippen molar-refractivity contribution >= 4 is 0 Å². The molecule has 1 unspecified atom stereocenters. The van der Waals surface area contributed by atoms with Gasteiger partial charge in [0.2, 0.25) is 0 Å². The molecule has 0 fully saturated rings. The Hall–Kier alpha value is -1.06. The van der Waals surface area contributed by atoms with Crippen LogP contribution in [0.1, 0.15) is 39.7 Å². The molecule has 0 amide bonds. The molecule has 1 atom stereocenters. The molecule has 1 aromatic carbocycles. The Morgan fingerprint density at radius 2 is 1.81 bits per heavy atom. The Kier molecular flexibility index (Phi) is 7.20. The Morgan fingerprint density at radius 3 is 2.29 bits per heavy atom. The third-order valence-electron chi connectivity index (χ3n) is 3.91. The van der Waals surface area contributed by atoms with Gasteiger partial charge in [-0.25, -0.2) is 0 Å². The molecule has 0 aromatic heterocycles. The van der Waals surface area contributed by atoms with Gasteiger partial charge in [-0.05, 0) is 49.7 Å². The number of hydrogen-bond acceptors (Lipinski definition) is 3. The van der Waals surface area contributed by atoms with Crippen LogP contribution in [-0.2, 0) is 6.54 Å². The van der Waals surface area contributed by atoms with E-state index < -0.39 is 0 Å². The van der Waals surface area contributed by atoms with Crippen molar-refractivity contribution in [2.45, 2.75) is 46.7 Å². The van der Waals surface area contributed by atoms with Crippen molar-refractivity contribution in [3.8, 4) is 5.75 Å². The normalized spacial score (nSPS) is 13.5. The molecule has 0 saturated heterocycles. The van der Waals surface area contributed by atoms with E-state index in [1.54, 1.807) is 7.11 Å². The van der Waals surface area contributed by atoms with Gasteiger partial charge in [0.15, 0.2) is 0 Å². The zero-order valence-corrected chi connectivity index (χ0v) is 14.6. The van der Waals surface area contributed by atoms with Gasteiger partial charge in [-0.15, -0.1) is 0 Å². The monoisotopic (exact) mass is 292 g/mol. The summed E-state index contributed by atoms with van der Waals surface area (Å²) in [6, 6.07) is 8.89. The largest absolute Gasteiger partial charge is 0.497 e. The average Bonchev–Trinajstić information content (AvgIpc) is 2.43. The first-order valence-electron chi connectivity index (χ1n) is 7.91. The highest BCUT2D eigenvalue weighted by Crippen LogP contribution is 2.22. The zero-order chi connectivity index (χ0) is 15.9. The van der Waals surface area contributed by atoms with Gasteiger partial charge in [-0.2, -0.15) is 0 Å². The molecule has 0 radical (unpaired) electrons. The molecule has 0 heterocycles. The van der Waals surface area contributed by atoms with E-state index in [9.17, 15) is 0 Å². The minimum atomic E-state index is 0.303. The van der Waals surface area contributed by atoms with Crippen molar-refractivity contribution in [2.75, 3.05) is 27.2 Å². The summed E-state index contributed by atoms with van der Waals surface area (Å²) in [6.45, 7) is 12.2. The summed E-state index contributed by atoms with van der Waals surface area (Å²) in [5.74, 6) is 0.918. The number of benzene rings is 1. The third-order valence-corrected chi connectivity index (χ3v) is 3.91. The van der Waals surface area contributed by atoms with Gasteiger partial charge in [0.05, 0.1) is 7.11 Å². The second-order valence-corrected chi connectivity index (χ2v) is 6.85. The van der Waals surface area contributed by atoms with Gasteiger partial charge in [0.25, 0.3) is 0 Å². The van der Waals surface area contributed by atoms with Crippen molar-refractivity contribution in [3.63, 3.8) is 0 Å². The maximum absolute atomic E-state index is 5.20. The van der Waals surface area contributed by atoms with Crippen LogP contribution in [0.25, 0.3) is 0 Å². The lowest BCUT2D eigenvalue weighted by atomic mass is 9.84. The van der Waals surface area contributed by atoms with Crippen molar-refractivity contribution in [1.29, 1.82) is 0 Å². The van der Waals surface area contributed by atoms with Crippen molar-refractivity contribution in [1.82, 2.24) is 10.2 Å². The summed E-state index contributed by atoms with van der Waals surface area (Å²) in [5, 5.41) is 3.61. The summed E-state index contributed by atoms with van der Waals surface area (Å²) >= 11 is 0. The van der Waals surface area contributed by atoms with Gasteiger partial charge in [-0.3, -0.25) is 0 Å². The zero-order valence-electron chi connectivity index (χ0n) is 14.6. The van der Waals surface area contributed by atoms with E-state index in [4.69, 9.17) is 4.74 Å². The number of methoxy groups -OCH3 is 1. The van der Waals surface area contributed by atoms with E-state index >= 15 is 0 Å². The highest BCUT2D eigenvalue weighted by molar-refractivity contribution is 5.27. The van der Waals surface area contributed by atoms with Crippen LogP contribution in [0.2, 0.25) is 0 Å². The van der Waals surface area contributed by atoms with E-state index in [0.29, 0.717) is 11.5 Å². The highest BCUT2D eigenvalue weighted by atomic mass is 16.5. The van der Waals surface area contributed by atoms with E-state index in [0.717, 1.165) is 25.4 Å². The fraction of sp³-hybridized carbons (Fsp3) is 0.667. The minimum absolute atomic E-state index is 0.303. The lowest BCUT2D eigenvalue weighted by Crippen LogP contribution is -2.42. The van der Waals surface area contributed by atoms with E-state index in [-0.39, 0.29) is 0 Å². The molecule has 120 valence electrons. The SMILES string of the molecule is CCNC(CCN(C)Cc1ccc(OC)cc1)C(C)(C)C. The van der Waals surface area contributed by atoms with Gasteiger partial charge in [0, 0.05) is 12.6 Å². The molecule has 0 aliphatic heterocycles. The molecule has 0 spiro atoms. The summed E-state index contributed by atoms with van der Waals surface area (Å²) in [7, 11) is 3.89. The predicted molar refractivity (Wildman–Crippen MR) is 90.9 cm³/mol. The maximum Gasteiger partial charge on any atom is 0.118 e. The quantitative estimate of drug-likeness (QED) is 0.793. The van der Waals surface area contributed by atoms with Crippen LogP contribution in [-0.4, -0.2) is 38.2 Å². The Morgan fingerprint density at radius 1 is 1.19 bits per heavy atom. The molecule has 0 aliphatic carbocycles. The summed E-state index contributed by atoms with van der Waals surface area (Å²) in [5.41, 5.74) is 1.63. The van der Waals surface area contributed by atoms with E-state index in [1.165, 1.54) is 12.0 Å². The van der Waals surface area contributed by atoms with Gasteiger partial charge >= 0.3 is 0 Å². The molecule has 1 N–H and O–H groups in total. The predicted octanol–water partition coefficient (Wildman–Crippen LogP) is 3.54. The molecule has 21 heavy (non-hydrogen) atoms. The van der Waals surface area contributed by atoms with Crippen LogP contribution < -0.4 is 10.1 Å². The first kappa shape index (κ1) is 18.0. The summed E-state index contributed by atoms with van der Waals surface area (Å²) in [4.78, 5) is 2.39. The molecule has 1 rings (SSSR count). The minimum Gasteiger partial charge on any atom is -0.497 e. The summed E-state index contributed by atoms with van der Waals surface area (Å²) < 4.78 is 5.20. The fourth-order valence-electron chi connectivity index (χ4n) is 2.56. The molecule has 3 nitrogen and oxygen atoms in total. The van der Waals surface area contributed by atoms with Crippen LogP contribution in [0, 0.1) is 5.41 Å². The second kappa shape index (κ2) is 8.40. The van der Waals surface area contributed by atoms with Crippen molar-refractivity contribution in [2.24, 2.45) is 5.41 Å². The number of rotatable bonds is 8. The Balaban J connectivity index is 2.46. The maximum atomic E-state index is 5.20. The molecular weight excluding hydrogens is 260 g/mol. The van der Waals surface area contributed by atoms with Gasteiger partial charge in [-0.1, -0.05) is 39.8 Å². The fourth-order valence-corrected chi connectivity index (χ4v) is 2.56. The molecule has 0 aliphatic rings. The second-order valence-electron chi connectivity index (χ2n) is 6.85. The van der Waals surface area contributed by atoms with Crippen LogP contribution in [0.5, 0.6) is 5.75 Å². The average molecular weight is 292 g/mol.